The van der Waals surface area contributed by atoms with Gasteiger partial charge in [-0.3, -0.25) is 9.59 Å². The summed E-state index contributed by atoms with van der Waals surface area (Å²) in [6, 6.07) is -1.34. The summed E-state index contributed by atoms with van der Waals surface area (Å²) in [4.78, 5) is 34.9. The van der Waals surface area contributed by atoms with Gasteiger partial charge in [-0.25, -0.2) is 4.79 Å². The van der Waals surface area contributed by atoms with Crippen molar-refractivity contribution in [1.82, 2.24) is 4.90 Å². The van der Waals surface area contributed by atoms with Crippen LogP contribution in [0.3, 0.4) is 0 Å². The van der Waals surface area contributed by atoms with E-state index in [-0.39, 0.29) is 13.0 Å². The molecule has 1 heterocycles. The number of hydrogen-bond acceptors (Lipinski definition) is 6. The van der Waals surface area contributed by atoms with Gasteiger partial charge >= 0.3 is 22.2 Å². The van der Waals surface area contributed by atoms with Crippen LogP contribution in [0.1, 0.15) is 12.8 Å². The van der Waals surface area contributed by atoms with E-state index in [2.05, 4.69) is 4.74 Å². The number of hydrogen-bond donors (Lipinski definition) is 1. The van der Waals surface area contributed by atoms with Crippen LogP contribution in [0.5, 0.6) is 0 Å². The standard InChI is InChI=1S/C10H14FNO7S/c1-19-10(16)7(3-9(14)15)12-4-6(2-8(12)13)5-20(11,17)18/h6-7H,2-5H2,1H3,(H,14,15)/t6?,7-/m1/s1. The molecule has 10 heteroatoms. The summed E-state index contributed by atoms with van der Waals surface area (Å²) in [7, 11) is -3.70. The van der Waals surface area contributed by atoms with Gasteiger partial charge in [0, 0.05) is 18.9 Å². The molecule has 0 aromatic rings. The molecule has 1 aliphatic rings. The predicted octanol–water partition coefficient (Wildman–Crippen LogP) is -0.849. The van der Waals surface area contributed by atoms with E-state index in [0.29, 0.717) is 0 Å². The first-order valence-electron chi connectivity index (χ1n) is 5.65. The van der Waals surface area contributed by atoms with Gasteiger partial charge < -0.3 is 14.7 Å². The van der Waals surface area contributed by atoms with Gasteiger partial charge in [0.2, 0.25) is 5.91 Å². The van der Waals surface area contributed by atoms with Gasteiger partial charge in [0.1, 0.15) is 6.04 Å². The number of carboxylic acid groups (broad SMARTS) is 1. The third kappa shape index (κ3) is 4.44. The molecule has 1 fully saturated rings. The lowest BCUT2D eigenvalue weighted by Gasteiger charge is -2.24. The minimum atomic E-state index is -4.74. The molecule has 114 valence electrons. The van der Waals surface area contributed by atoms with E-state index >= 15 is 0 Å². The third-order valence-corrected chi connectivity index (χ3v) is 3.76. The second-order valence-corrected chi connectivity index (χ2v) is 5.87. The molecule has 1 rings (SSSR count). The van der Waals surface area contributed by atoms with Crippen LogP contribution in [-0.2, 0) is 29.3 Å². The molecule has 2 atom stereocenters. The quantitative estimate of drug-likeness (QED) is 0.501. The number of aliphatic carboxylic acids is 1. The molecule has 0 spiro atoms. The summed E-state index contributed by atoms with van der Waals surface area (Å²) in [6.07, 6.45) is -0.913. The first kappa shape index (κ1) is 16.3. The second-order valence-electron chi connectivity index (χ2n) is 4.46. The summed E-state index contributed by atoms with van der Waals surface area (Å²) in [5.74, 6) is -4.47. The van der Waals surface area contributed by atoms with E-state index < -0.39 is 52.2 Å². The van der Waals surface area contributed by atoms with Crippen LogP contribution in [0, 0.1) is 5.92 Å². The number of amides is 1. The van der Waals surface area contributed by atoms with Crippen molar-refractivity contribution in [3.63, 3.8) is 0 Å². The molecule has 1 unspecified atom stereocenters. The molecule has 0 aromatic heterocycles. The van der Waals surface area contributed by atoms with E-state index in [1.165, 1.54) is 0 Å². The maximum Gasteiger partial charge on any atom is 0.329 e. The number of carboxylic acids is 1. The minimum Gasteiger partial charge on any atom is -0.481 e. The first-order valence-corrected chi connectivity index (χ1v) is 7.20. The average Bonchev–Trinajstić information content (AvgIpc) is 2.63. The van der Waals surface area contributed by atoms with Crippen LogP contribution in [0.25, 0.3) is 0 Å². The number of likely N-dealkylation sites (tertiary alicyclic amines) is 1. The zero-order valence-corrected chi connectivity index (χ0v) is 11.4. The number of methoxy groups -OCH3 is 1. The van der Waals surface area contributed by atoms with Crippen LogP contribution in [0.4, 0.5) is 3.89 Å². The summed E-state index contributed by atoms with van der Waals surface area (Å²) < 4.78 is 38.1. The predicted molar refractivity (Wildman–Crippen MR) is 62.8 cm³/mol. The highest BCUT2D eigenvalue weighted by molar-refractivity contribution is 7.86. The fraction of sp³-hybridized carbons (Fsp3) is 0.700. The van der Waals surface area contributed by atoms with Gasteiger partial charge in [0.25, 0.3) is 0 Å². The SMILES string of the molecule is COC(=O)[C@@H](CC(=O)O)N1CC(CS(=O)(=O)F)CC1=O. The fourth-order valence-corrected chi connectivity index (χ4v) is 2.91. The highest BCUT2D eigenvalue weighted by Gasteiger charge is 2.40. The molecule has 1 N–H and O–H groups in total. The van der Waals surface area contributed by atoms with Crippen molar-refractivity contribution in [2.75, 3.05) is 19.4 Å². The molecular weight excluding hydrogens is 297 g/mol. The number of esters is 1. The minimum absolute atomic E-state index is 0.199. The molecular formula is C10H14FNO7S. The Hall–Kier alpha value is -1.71. The van der Waals surface area contributed by atoms with E-state index in [0.717, 1.165) is 12.0 Å². The van der Waals surface area contributed by atoms with Crippen LogP contribution in [-0.4, -0.2) is 61.7 Å². The monoisotopic (exact) mass is 311 g/mol. The molecule has 1 aliphatic heterocycles. The van der Waals surface area contributed by atoms with E-state index in [4.69, 9.17) is 5.11 Å². The molecule has 8 nitrogen and oxygen atoms in total. The third-order valence-electron chi connectivity index (χ3n) is 2.89. The molecule has 20 heavy (non-hydrogen) atoms. The number of halogens is 1. The molecule has 0 aliphatic carbocycles. The number of nitrogens with zero attached hydrogens (tertiary/aromatic N) is 1. The molecule has 0 bridgehead atoms. The van der Waals surface area contributed by atoms with Gasteiger partial charge in [-0.1, -0.05) is 0 Å². The molecule has 0 aromatic carbocycles. The Morgan fingerprint density at radius 3 is 2.60 bits per heavy atom. The van der Waals surface area contributed by atoms with Crippen molar-refractivity contribution >= 4 is 28.1 Å². The van der Waals surface area contributed by atoms with Crippen molar-refractivity contribution in [2.45, 2.75) is 18.9 Å². The van der Waals surface area contributed by atoms with Crippen LogP contribution in [0.2, 0.25) is 0 Å². The maximum atomic E-state index is 12.6. The molecule has 0 saturated carbocycles. The van der Waals surface area contributed by atoms with Gasteiger partial charge in [0.05, 0.1) is 19.3 Å². The second kappa shape index (κ2) is 6.16. The number of ether oxygens (including phenoxy) is 1. The Bertz CT molecular complexity index is 518. The largest absolute Gasteiger partial charge is 0.481 e. The Morgan fingerprint density at radius 1 is 1.55 bits per heavy atom. The Labute approximate surface area is 114 Å². The summed E-state index contributed by atoms with van der Waals surface area (Å²) in [5, 5.41) is 8.73. The van der Waals surface area contributed by atoms with Crippen LogP contribution >= 0.6 is 0 Å². The molecule has 1 amide bonds. The van der Waals surface area contributed by atoms with E-state index in [1.807, 2.05) is 0 Å². The first-order chi connectivity index (χ1) is 9.14. The number of carbonyl (C=O) groups is 3. The van der Waals surface area contributed by atoms with E-state index in [1.54, 1.807) is 0 Å². The Balaban J connectivity index is 2.84. The normalized spacial score (nSPS) is 20.8. The number of rotatable bonds is 6. The Morgan fingerprint density at radius 2 is 2.15 bits per heavy atom. The smallest absolute Gasteiger partial charge is 0.329 e. The van der Waals surface area contributed by atoms with Gasteiger partial charge in [-0.2, -0.15) is 8.42 Å². The highest BCUT2D eigenvalue weighted by atomic mass is 32.3. The van der Waals surface area contributed by atoms with E-state index in [9.17, 15) is 26.7 Å². The lowest BCUT2D eigenvalue weighted by atomic mass is 10.1. The summed E-state index contributed by atoms with van der Waals surface area (Å²) in [6.45, 7) is -0.199. The number of carbonyl (C=O) groups excluding carboxylic acids is 2. The molecule has 1 saturated heterocycles. The molecule has 0 radical (unpaired) electrons. The van der Waals surface area contributed by atoms with Crippen molar-refractivity contribution in [1.29, 1.82) is 0 Å². The van der Waals surface area contributed by atoms with Crippen molar-refractivity contribution in [3.8, 4) is 0 Å². The lowest BCUT2D eigenvalue weighted by Crippen LogP contribution is -2.44. The maximum absolute atomic E-state index is 12.6. The van der Waals surface area contributed by atoms with Crippen LogP contribution < -0.4 is 0 Å². The fourth-order valence-electron chi connectivity index (χ4n) is 2.13. The van der Waals surface area contributed by atoms with Crippen LogP contribution in [0.15, 0.2) is 0 Å². The summed E-state index contributed by atoms with van der Waals surface area (Å²) in [5.41, 5.74) is 0. The summed E-state index contributed by atoms with van der Waals surface area (Å²) >= 11 is 0. The topological polar surface area (TPSA) is 118 Å². The average molecular weight is 311 g/mol. The highest BCUT2D eigenvalue weighted by Crippen LogP contribution is 2.24. The van der Waals surface area contributed by atoms with Crippen molar-refractivity contribution < 1.29 is 36.5 Å². The van der Waals surface area contributed by atoms with Gasteiger partial charge in [-0.05, 0) is 0 Å². The van der Waals surface area contributed by atoms with Gasteiger partial charge in [-0.15, -0.1) is 3.89 Å². The zero-order chi connectivity index (χ0) is 15.5. The van der Waals surface area contributed by atoms with Crippen molar-refractivity contribution in [2.24, 2.45) is 5.92 Å². The van der Waals surface area contributed by atoms with Gasteiger partial charge in [0.15, 0.2) is 0 Å². The zero-order valence-electron chi connectivity index (χ0n) is 10.6. The van der Waals surface area contributed by atoms with Crippen molar-refractivity contribution in [3.05, 3.63) is 0 Å². The lowest BCUT2D eigenvalue weighted by molar-refractivity contribution is -0.155. The Kier molecular flexibility index (Phi) is 5.03.